The first-order chi connectivity index (χ1) is 9.25. The van der Waals surface area contributed by atoms with Crippen molar-refractivity contribution in [2.75, 3.05) is 18.9 Å². The molecule has 2 N–H and O–H groups in total. The fourth-order valence-corrected chi connectivity index (χ4v) is 2.43. The number of rotatable bonds is 2. The summed E-state index contributed by atoms with van der Waals surface area (Å²) in [7, 11) is 0. The molecule has 0 radical (unpaired) electrons. The average molecular weight is 259 g/mol. The van der Waals surface area contributed by atoms with Crippen molar-refractivity contribution in [1.29, 1.82) is 0 Å². The van der Waals surface area contributed by atoms with Crippen LogP contribution in [0.3, 0.4) is 0 Å². The first-order valence-electron chi connectivity index (χ1n) is 6.48. The number of anilines is 1. The molecular formula is C13H17N5O. The minimum Gasteiger partial charge on any atom is -0.399 e. The van der Waals surface area contributed by atoms with E-state index in [-0.39, 0.29) is 0 Å². The van der Waals surface area contributed by atoms with E-state index in [1.807, 2.05) is 29.8 Å². The third-order valence-electron chi connectivity index (χ3n) is 3.53. The summed E-state index contributed by atoms with van der Waals surface area (Å²) in [6.07, 6.45) is 1.89. The van der Waals surface area contributed by atoms with Crippen LogP contribution in [0.1, 0.15) is 24.4 Å². The number of aromatic nitrogens is 4. The largest absolute Gasteiger partial charge is 0.399 e. The molecule has 1 aromatic heterocycles. The van der Waals surface area contributed by atoms with Crippen molar-refractivity contribution in [2.45, 2.75) is 25.8 Å². The molecule has 6 heteroatoms. The zero-order valence-electron chi connectivity index (χ0n) is 10.9. The molecule has 19 heavy (non-hydrogen) atoms. The monoisotopic (exact) mass is 259 g/mol. The number of nitrogens with zero attached hydrogens (tertiary/aromatic N) is 4. The standard InChI is InChI=1S/C13H17N5O/c1-9-2-3-10(14)8-12(9)13-15-16-17-18(13)11-4-6-19-7-5-11/h2-3,8,11H,4-7,14H2,1H3. The lowest BCUT2D eigenvalue weighted by Crippen LogP contribution is -2.21. The highest BCUT2D eigenvalue weighted by Gasteiger charge is 2.21. The minimum absolute atomic E-state index is 0.305. The zero-order chi connectivity index (χ0) is 13.2. The van der Waals surface area contributed by atoms with E-state index >= 15 is 0 Å². The van der Waals surface area contributed by atoms with Gasteiger partial charge in [-0.3, -0.25) is 0 Å². The third-order valence-corrected chi connectivity index (χ3v) is 3.53. The van der Waals surface area contributed by atoms with Gasteiger partial charge in [0.15, 0.2) is 5.82 Å². The Morgan fingerprint density at radius 3 is 2.89 bits per heavy atom. The van der Waals surface area contributed by atoms with Crippen LogP contribution in [0.2, 0.25) is 0 Å². The minimum atomic E-state index is 0.305. The summed E-state index contributed by atoms with van der Waals surface area (Å²) in [5.74, 6) is 0.789. The molecule has 1 aromatic carbocycles. The maximum atomic E-state index is 5.86. The molecule has 0 spiro atoms. The molecule has 6 nitrogen and oxygen atoms in total. The van der Waals surface area contributed by atoms with Gasteiger partial charge in [-0.05, 0) is 47.9 Å². The summed E-state index contributed by atoms with van der Waals surface area (Å²) in [6.45, 7) is 3.57. The van der Waals surface area contributed by atoms with Gasteiger partial charge < -0.3 is 10.5 Å². The number of tetrazole rings is 1. The summed E-state index contributed by atoms with van der Waals surface area (Å²) in [6, 6.07) is 6.12. The predicted octanol–water partition coefficient (Wildman–Crippen LogP) is 1.58. The SMILES string of the molecule is Cc1ccc(N)cc1-c1nnnn1C1CCOCC1. The second-order valence-corrected chi connectivity index (χ2v) is 4.86. The molecule has 100 valence electrons. The summed E-state index contributed by atoms with van der Waals surface area (Å²) < 4.78 is 7.29. The fourth-order valence-electron chi connectivity index (χ4n) is 2.43. The van der Waals surface area contributed by atoms with E-state index in [2.05, 4.69) is 15.5 Å². The van der Waals surface area contributed by atoms with E-state index in [9.17, 15) is 0 Å². The van der Waals surface area contributed by atoms with Gasteiger partial charge >= 0.3 is 0 Å². The van der Waals surface area contributed by atoms with Crippen LogP contribution in [-0.4, -0.2) is 33.4 Å². The Morgan fingerprint density at radius 2 is 2.11 bits per heavy atom. The molecule has 0 bridgehead atoms. The number of ether oxygens (including phenoxy) is 1. The molecule has 1 fully saturated rings. The van der Waals surface area contributed by atoms with E-state index in [1.54, 1.807) is 0 Å². The second kappa shape index (κ2) is 4.97. The van der Waals surface area contributed by atoms with Crippen LogP contribution in [0.4, 0.5) is 5.69 Å². The number of nitrogens with two attached hydrogens (primary N) is 1. The fraction of sp³-hybridized carbons (Fsp3) is 0.462. The van der Waals surface area contributed by atoms with E-state index in [0.29, 0.717) is 6.04 Å². The van der Waals surface area contributed by atoms with Crippen molar-refractivity contribution in [3.63, 3.8) is 0 Å². The van der Waals surface area contributed by atoms with Crippen LogP contribution in [0.25, 0.3) is 11.4 Å². The van der Waals surface area contributed by atoms with E-state index < -0.39 is 0 Å². The normalized spacial score (nSPS) is 16.7. The predicted molar refractivity (Wildman–Crippen MR) is 71.5 cm³/mol. The lowest BCUT2D eigenvalue weighted by Gasteiger charge is -2.23. The Bertz CT molecular complexity index is 574. The summed E-state index contributed by atoms with van der Waals surface area (Å²) >= 11 is 0. The van der Waals surface area contributed by atoms with Crippen molar-refractivity contribution >= 4 is 5.69 Å². The second-order valence-electron chi connectivity index (χ2n) is 4.86. The smallest absolute Gasteiger partial charge is 0.182 e. The molecule has 0 unspecified atom stereocenters. The van der Waals surface area contributed by atoms with Crippen LogP contribution in [0, 0.1) is 6.92 Å². The Balaban J connectivity index is 2.01. The van der Waals surface area contributed by atoms with E-state index in [4.69, 9.17) is 10.5 Å². The van der Waals surface area contributed by atoms with Crippen LogP contribution in [0.15, 0.2) is 18.2 Å². The van der Waals surface area contributed by atoms with Gasteiger partial charge in [0.2, 0.25) is 0 Å². The number of aryl methyl sites for hydroxylation is 1. The van der Waals surface area contributed by atoms with Gasteiger partial charge in [-0.15, -0.1) is 5.10 Å². The maximum absolute atomic E-state index is 5.86. The number of hydrogen-bond donors (Lipinski definition) is 1. The van der Waals surface area contributed by atoms with Crippen LogP contribution in [0.5, 0.6) is 0 Å². The first kappa shape index (κ1) is 12.1. The molecule has 1 saturated heterocycles. The highest BCUT2D eigenvalue weighted by Crippen LogP contribution is 2.28. The Hall–Kier alpha value is -1.95. The Morgan fingerprint density at radius 1 is 1.32 bits per heavy atom. The van der Waals surface area contributed by atoms with Crippen LogP contribution in [-0.2, 0) is 4.74 Å². The molecule has 1 aliphatic rings. The molecule has 0 atom stereocenters. The van der Waals surface area contributed by atoms with Crippen LogP contribution < -0.4 is 5.73 Å². The van der Waals surface area contributed by atoms with Crippen LogP contribution >= 0.6 is 0 Å². The molecule has 1 aliphatic heterocycles. The first-order valence-corrected chi connectivity index (χ1v) is 6.48. The Labute approximate surface area is 111 Å². The lowest BCUT2D eigenvalue weighted by atomic mass is 10.1. The molecule has 2 aromatic rings. The van der Waals surface area contributed by atoms with Gasteiger partial charge in [0.05, 0.1) is 6.04 Å². The van der Waals surface area contributed by atoms with Crippen molar-refractivity contribution in [3.8, 4) is 11.4 Å². The van der Waals surface area contributed by atoms with Crippen molar-refractivity contribution in [1.82, 2.24) is 20.2 Å². The number of nitrogen functional groups attached to an aromatic ring is 1. The van der Waals surface area contributed by atoms with Crippen molar-refractivity contribution in [2.24, 2.45) is 0 Å². The molecule has 0 amide bonds. The summed E-state index contributed by atoms with van der Waals surface area (Å²) in [5.41, 5.74) is 8.71. The maximum Gasteiger partial charge on any atom is 0.182 e. The van der Waals surface area contributed by atoms with Gasteiger partial charge in [-0.25, -0.2) is 4.68 Å². The topological polar surface area (TPSA) is 78.9 Å². The van der Waals surface area contributed by atoms with Gasteiger partial charge in [0, 0.05) is 24.5 Å². The van der Waals surface area contributed by atoms with E-state index in [1.165, 1.54) is 0 Å². The average Bonchev–Trinajstić information content (AvgIpc) is 2.91. The lowest BCUT2D eigenvalue weighted by molar-refractivity contribution is 0.0662. The summed E-state index contributed by atoms with van der Waals surface area (Å²) in [4.78, 5) is 0. The third kappa shape index (κ3) is 2.31. The molecular weight excluding hydrogens is 242 g/mol. The van der Waals surface area contributed by atoms with Crippen molar-refractivity contribution in [3.05, 3.63) is 23.8 Å². The number of hydrogen-bond acceptors (Lipinski definition) is 5. The molecule has 0 aliphatic carbocycles. The quantitative estimate of drug-likeness (QED) is 0.828. The highest BCUT2D eigenvalue weighted by atomic mass is 16.5. The van der Waals surface area contributed by atoms with Gasteiger partial charge in [0.1, 0.15) is 0 Å². The van der Waals surface area contributed by atoms with Gasteiger partial charge in [-0.1, -0.05) is 6.07 Å². The Kier molecular flexibility index (Phi) is 3.16. The molecule has 0 saturated carbocycles. The van der Waals surface area contributed by atoms with E-state index in [0.717, 1.165) is 48.7 Å². The zero-order valence-corrected chi connectivity index (χ0v) is 10.9. The summed E-state index contributed by atoms with van der Waals surface area (Å²) in [5, 5.41) is 12.1. The number of benzene rings is 1. The van der Waals surface area contributed by atoms with Gasteiger partial charge in [-0.2, -0.15) is 0 Å². The molecule has 3 rings (SSSR count). The highest BCUT2D eigenvalue weighted by molar-refractivity contribution is 5.65. The van der Waals surface area contributed by atoms with Crippen molar-refractivity contribution < 1.29 is 4.74 Å². The van der Waals surface area contributed by atoms with Gasteiger partial charge in [0.25, 0.3) is 0 Å². The molecule has 2 heterocycles.